The quantitative estimate of drug-likeness (QED) is 0.209. The maximum atomic E-state index is 13.2. The van der Waals surface area contributed by atoms with E-state index in [1.165, 1.54) is 23.1 Å². The van der Waals surface area contributed by atoms with Crippen LogP contribution in [0.4, 0.5) is 5.69 Å². The molecule has 2 N–H and O–H groups in total. The van der Waals surface area contributed by atoms with Crippen molar-refractivity contribution >= 4 is 56.7 Å². The predicted octanol–water partition coefficient (Wildman–Crippen LogP) is 5.64. The van der Waals surface area contributed by atoms with Crippen LogP contribution in [0.5, 0.6) is 11.5 Å². The number of carbonyl (C=O) groups is 3. The molecule has 1 aromatic heterocycles. The smallest absolute Gasteiger partial charge is 0.256 e. The van der Waals surface area contributed by atoms with Crippen molar-refractivity contribution in [3.8, 4) is 11.5 Å². The van der Waals surface area contributed by atoms with Gasteiger partial charge < -0.3 is 25.0 Å². The van der Waals surface area contributed by atoms with E-state index in [4.69, 9.17) is 9.47 Å². The molecule has 0 spiro atoms. The van der Waals surface area contributed by atoms with Gasteiger partial charge in [0.05, 0.1) is 41.3 Å². The Bertz CT molecular complexity index is 1620. The monoisotopic (exact) mass is 618 g/mol. The fourth-order valence-electron chi connectivity index (χ4n) is 4.94. The molecule has 0 atom stereocenters. The third-order valence-electron chi connectivity index (χ3n) is 7.18. The van der Waals surface area contributed by atoms with Gasteiger partial charge in [-0.15, -0.1) is 11.3 Å². The summed E-state index contributed by atoms with van der Waals surface area (Å²) in [4.78, 5) is 45.3. The largest absolute Gasteiger partial charge is 0.493 e. The van der Waals surface area contributed by atoms with Gasteiger partial charge in [0.15, 0.2) is 15.8 Å². The van der Waals surface area contributed by atoms with E-state index in [1.54, 1.807) is 44.6 Å². The first kappa shape index (κ1) is 30.4. The number of aromatic nitrogens is 1. The first-order valence-electron chi connectivity index (χ1n) is 14.2. The van der Waals surface area contributed by atoms with Gasteiger partial charge >= 0.3 is 0 Å². The summed E-state index contributed by atoms with van der Waals surface area (Å²) >= 11 is 2.84. The second-order valence-corrected chi connectivity index (χ2v) is 12.3. The lowest BCUT2D eigenvalue weighted by molar-refractivity contribution is -0.118. The first-order chi connectivity index (χ1) is 20.9. The van der Waals surface area contributed by atoms with Crippen molar-refractivity contribution in [1.29, 1.82) is 0 Å². The summed E-state index contributed by atoms with van der Waals surface area (Å²) in [5, 5.41) is 5.89. The van der Waals surface area contributed by atoms with Crippen LogP contribution in [-0.4, -0.2) is 67.2 Å². The van der Waals surface area contributed by atoms with E-state index >= 15 is 0 Å². The van der Waals surface area contributed by atoms with E-state index in [2.05, 4.69) is 15.6 Å². The summed E-state index contributed by atoms with van der Waals surface area (Å²) in [6.45, 7) is 1.95. The normalized spacial score (nSPS) is 13.0. The summed E-state index contributed by atoms with van der Waals surface area (Å²) in [5.41, 5.74) is 3.22. The van der Waals surface area contributed by atoms with Crippen LogP contribution in [0.1, 0.15) is 45.5 Å². The summed E-state index contributed by atoms with van der Waals surface area (Å²) in [6.07, 6.45) is 3.77. The number of thioether (sulfide) groups is 1. The average molecular weight is 619 g/mol. The minimum absolute atomic E-state index is 0.0737. The van der Waals surface area contributed by atoms with Crippen LogP contribution < -0.4 is 20.1 Å². The van der Waals surface area contributed by atoms with Gasteiger partial charge in [-0.25, -0.2) is 4.98 Å². The molecule has 5 rings (SSSR count). The zero-order chi connectivity index (χ0) is 30.2. The van der Waals surface area contributed by atoms with Gasteiger partial charge in [-0.05, 0) is 73.7 Å². The first-order valence-corrected chi connectivity index (χ1v) is 16.0. The molecule has 0 radical (unpaired) electrons. The standard InChI is InChI=1S/C32H34N4O5S2/c1-40-26-13-10-21(18-27(26)41-2)14-15-33-29(37)20-42-32-35-25-12-11-22(19-28(25)43-32)34-30(38)23-8-4-5-9-24(23)31(39)36-16-6-3-7-17-36/h4-5,8-13,18-19H,3,6-7,14-17,20H2,1-2H3,(H,33,37)(H,34,38). The number of likely N-dealkylation sites (tertiary alicyclic amines) is 1. The van der Waals surface area contributed by atoms with Crippen molar-refractivity contribution in [3.63, 3.8) is 0 Å². The molecule has 0 aliphatic carbocycles. The molecule has 1 fully saturated rings. The van der Waals surface area contributed by atoms with Gasteiger partial charge in [-0.2, -0.15) is 0 Å². The van der Waals surface area contributed by atoms with Crippen molar-refractivity contribution in [2.75, 3.05) is 44.9 Å². The molecule has 3 aromatic carbocycles. The number of carbonyl (C=O) groups excluding carboxylic acids is 3. The molecule has 0 saturated carbocycles. The van der Waals surface area contributed by atoms with Gasteiger partial charge in [0.25, 0.3) is 11.8 Å². The Kier molecular flexibility index (Phi) is 10.2. The third-order valence-corrected chi connectivity index (χ3v) is 9.34. The molecule has 2 heterocycles. The van der Waals surface area contributed by atoms with Gasteiger partial charge in [0, 0.05) is 25.3 Å². The number of nitrogens with zero attached hydrogens (tertiary/aromatic N) is 2. The Morgan fingerprint density at radius 1 is 0.930 bits per heavy atom. The molecule has 3 amide bonds. The number of ether oxygens (including phenoxy) is 2. The molecule has 1 aliphatic rings. The Morgan fingerprint density at radius 3 is 2.47 bits per heavy atom. The zero-order valence-electron chi connectivity index (χ0n) is 24.2. The van der Waals surface area contributed by atoms with Crippen LogP contribution in [0.15, 0.2) is 65.0 Å². The number of fused-ring (bicyclic) bond motifs is 1. The molecule has 1 saturated heterocycles. The van der Waals surface area contributed by atoms with E-state index in [-0.39, 0.29) is 23.5 Å². The lowest BCUT2D eigenvalue weighted by Gasteiger charge is -2.27. The van der Waals surface area contributed by atoms with Crippen molar-refractivity contribution in [2.24, 2.45) is 0 Å². The minimum Gasteiger partial charge on any atom is -0.493 e. The fourth-order valence-corrected chi connectivity index (χ4v) is 6.87. The topological polar surface area (TPSA) is 110 Å². The van der Waals surface area contributed by atoms with Gasteiger partial charge in [-0.3, -0.25) is 14.4 Å². The van der Waals surface area contributed by atoms with E-state index in [9.17, 15) is 14.4 Å². The second-order valence-electron chi connectivity index (χ2n) is 10.1. The van der Waals surface area contributed by atoms with Crippen molar-refractivity contribution in [2.45, 2.75) is 30.0 Å². The predicted molar refractivity (Wildman–Crippen MR) is 171 cm³/mol. The number of rotatable bonds is 11. The molecule has 11 heteroatoms. The summed E-state index contributed by atoms with van der Waals surface area (Å²) in [5.74, 6) is 1.07. The second kappa shape index (κ2) is 14.4. The third kappa shape index (κ3) is 7.66. The van der Waals surface area contributed by atoms with Crippen molar-refractivity contribution in [3.05, 3.63) is 77.4 Å². The number of hydrogen-bond acceptors (Lipinski definition) is 8. The Labute approximate surface area is 259 Å². The van der Waals surface area contributed by atoms with Crippen LogP contribution >= 0.6 is 23.1 Å². The molecule has 0 bridgehead atoms. The summed E-state index contributed by atoms with van der Waals surface area (Å²) in [6, 6.07) is 18.2. The Morgan fingerprint density at radius 2 is 1.70 bits per heavy atom. The molecule has 43 heavy (non-hydrogen) atoms. The van der Waals surface area contributed by atoms with Crippen molar-refractivity contribution < 1.29 is 23.9 Å². The molecule has 224 valence electrons. The van der Waals surface area contributed by atoms with Crippen LogP contribution in [-0.2, 0) is 11.2 Å². The highest BCUT2D eigenvalue weighted by Gasteiger charge is 2.23. The lowest BCUT2D eigenvalue weighted by Crippen LogP contribution is -2.36. The molecule has 9 nitrogen and oxygen atoms in total. The summed E-state index contributed by atoms with van der Waals surface area (Å²) < 4.78 is 12.3. The van der Waals surface area contributed by atoms with Gasteiger partial charge in [-0.1, -0.05) is 30.0 Å². The molecular formula is C32H34N4O5S2. The number of benzene rings is 3. The molecular weight excluding hydrogens is 585 g/mol. The minimum atomic E-state index is -0.329. The van der Waals surface area contributed by atoms with E-state index in [1.807, 2.05) is 35.2 Å². The number of nitrogens with one attached hydrogen (secondary N) is 2. The average Bonchev–Trinajstić information content (AvgIpc) is 3.46. The van der Waals surface area contributed by atoms with Gasteiger partial charge in [0.2, 0.25) is 5.91 Å². The van der Waals surface area contributed by atoms with Crippen LogP contribution in [0.2, 0.25) is 0 Å². The Hall–Kier alpha value is -4.09. The highest BCUT2D eigenvalue weighted by Crippen LogP contribution is 2.32. The number of thiazole rings is 1. The lowest BCUT2D eigenvalue weighted by atomic mass is 10.0. The Balaban J connectivity index is 1.15. The molecule has 1 aliphatic heterocycles. The highest BCUT2D eigenvalue weighted by molar-refractivity contribution is 8.01. The van der Waals surface area contributed by atoms with Crippen LogP contribution in [0.25, 0.3) is 10.2 Å². The number of anilines is 1. The van der Waals surface area contributed by atoms with E-state index < -0.39 is 0 Å². The van der Waals surface area contributed by atoms with Gasteiger partial charge in [0.1, 0.15) is 0 Å². The maximum absolute atomic E-state index is 13.2. The van der Waals surface area contributed by atoms with Crippen LogP contribution in [0, 0.1) is 0 Å². The van der Waals surface area contributed by atoms with E-state index in [0.717, 1.165) is 52.5 Å². The SMILES string of the molecule is COc1ccc(CCNC(=O)CSc2nc3ccc(NC(=O)c4ccccc4C(=O)N4CCCCC4)cc3s2)cc1OC. The highest BCUT2D eigenvalue weighted by atomic mass is 32.2. The number of piperidine rings is 1. The molecule has 0 unspecified atom stereocenters. The van der Waals surface area contributed by atoms with Crippen molar-refractivity contribution in [1.82, 2.24) is 15.2 Å². The summed E-state index contributed by atoms with van der Waals surface area (Å²) in [7, 11) is 3.19. The number of methoxy groups -OCH3 is 2. The number of amides is 3. The maximum Gasteiger partial charge on any atom is 0.256 e. The molecule has 4 aromatic rings. The van der Waals surface area contributed by atoms with E-state index in [0.29, 0.717) is 41.3 Å². The number of hydrogen-bond donors (Lipinski definition) is 2. The van der Waals surface area contributed by atoms with Crippen LogP contribution in [0.3, 0.4) is 0 Å². The fraction of sp³-hybridized carbons (Fsp3) is 0.312. The zero-order valence-corrected chi connectivity index (χ0v) is 25.8.